The van der Waals surface area contributed by atoms with Crippen LogP contribution in [0.5, 0.6) is 0 Å². The second-order valence-corrected chi connectivity index (χ2v) is 26.0. The van der Waals surface area contributed by atoms with Gasteiger partial charge >= 0.3 is 0 Å². The number of nitrogens with one attached hydrogen (secondary N) is 3. The maximum atomic E-state index is 15.0. The molecule has 1 aromatic rings. The molecule has 2 saturated heterocycles. The van der Waals surface area contributed by atoms with Crippen molar-refractivity contribution in [3.05, 3.63) is 35.9 Å². The number of likely N-dealkylation sites (N-methyl/N-ethyl adjacent to an activating group) is 6. The average Bonchev–Trinajstić information content (AvgIpc) is 3.58. The largest absolute Gasteiger partial charge is 0.391 e. The molecule has 0 bridgehead atoms. The van der Waals surface area contributed by atoms with Crippen LogP contribution in [-0.4, -0.2) is 243 Å². The number of nitrogens with zero attached hydrogens (tertiary/aromatic N) is 7. The number of aliphatic hydroxyl groups excluding tert-OH is 1. The molecular weight excluding hydrogens is 1090 g/mol. The molecule has 1 aromatic carbocycles. The second kappa shape index (κ2) is 32.3. The zero-order valence-electron chi connectivity index (χ0n) is 52.4. The lowest BCUT2D eigenvalue weighted by molar-refractivity contribution is -0.151. The summed E-state index contributed by atoms with van der Waals surface area (Å²) in [7, 11) is 6.09. The molecule has 0 saturated carbocycles. The predicted octanol–water partition coefficient (Wildman–Crippen LogP) is 1.41. The molecule has 0 aromatic heterocycles. The fourth-order valence-corrected chi connectivity index (χ4v) is 11.3. The molecule has 2 aliphatic heterocycles. The molecule has 0 radical (unpaired) electrons. The van der Waals surface area contributed by atoms with Crippen molar-refractivity contribution in [1.29, 1.82) is 0 Å². The summed E-state index contributed by atoms with van der Waals surface area (Å²) < 4.78 is 20.3. The van der Waals surface area contributed by atoms with Gasteiger partial charge in [-0.05, 0) is 90.0 Å². The number of carbonyl (C=O) groups excluding carboxylic acids is 10. The van der Waals surface area contributed by atoms with Crippen LogP contribution in [0.25, 0.3) is 0 Å². The van der Waals surface area contributed by atoms with E-state index in [1.807, 2.05) is 34.6 Å². The Balaban J connectivity index is 2.28. The van der Waals surface area contributed by atoms with Gasteiger partial charge in [-0.25, -0.2) is 0 Å². The van der Waals surface area contributed by atoms with Gasteiger partial charge in [0, 0.05) is 72.6 Å². The molecule has 2 aliphatic rings. The quantitative estimate of drug-likeness (QED) is 0.231. The highest BCUT2D eigenvalue weighted by molar-refractivity contribution is 7.85. The van der Waals surface area contributed by atoms with Crippen LogP contribution in [0, 0.1) is 17.8 Å². The lowest BCUT2D eigenvalue weighted by Gasteiger charge is -2.38. The Morgan fingerprint density at radius 2 is 1.22 bits per heavy atom. The van der Waals surface area contributed by atoms with Crippen molar-refractivity contribution >= 4 is 69.9 Å². The van der Waals surface area contributed by atoms with Crippen molar-refractivity contribution in [1.82, 2.24) is 50.2 Å². The topological polar surface area (TPSA) is 276 Å². The number of likely N-dealkylation sites (tertiary alicyclic amines) is 1. The number of carbonyl (C=O) groups is 10. The molecule has 23 nitrogen and oxygen atoms in total. The minimum Gasteiger partial charge on any atom is -0.391 e. The Morgan fingerprint density at radius 1 is 0.675 bits per heavy atom. The number of piperidine rings is 1. The van der Waals surface area contributed by atoms with Crippen molar-refractivity contribution in [2.24, 2.45) is 17.8 Å². The molecular formula is C59H98N10O13S. The lowest BCUT2D eigenvalue weighted by atomic mass is 9.95. The molecule has 3 rings (SSSR count). The number of hydrogen-bond acceptors (Lipinski definition) is 13. The van der Waals surface area contributed by atoms with Gasteiger partial charge in [0.25, 0.3) is 0 Å². The van der Waals surface area contributed by atoms with E-state index in [1.54, 1.807) is 62.9 Å². The summed E-state index contributed by atoms with van der Waals surface area (Å²) in [5.41, 5.74) is -0.154. The summed E-state index contributed by atoms with van der Waals surface area (Å²) in [4.78, 5) is 154. The average molecular weight is 1190 g/mol. The number of aliphatic hydroxyl groups is 1. The van der Waals surface area contributed by atoms with Crippen LogP contribution in [0.1, 0.15) is 120 Å². The third-order valence-corrected chi connectivity index (χ3v) is 16.9. The van der Waals surface area contributed by atoms with Crippen LogP contribution >= 0.6 is 0 Å². The SMILES string of the molecule is CC[C@H](C)[C@H]1C(=O)N[C@H](C(=O)N2CCCCC2)CS(=O)CC(=O)N(C)[C@@H](C)C(=O)N(C)[C@@H](Cc2ccccc2)C(=O)N(C)C(CC(C)C)C(=O)N[C@@H]([C@@H](C)O)C(=O)N(C)CC(=O)N(C)[C@@H](CC(C)C)C(=O)N[C@@H](COC(C)(C)C)C(=O)N1C. The van der Waals surface area contributed by atoms with Gasteiger partial charge < -0.3 is 60.1 Å². The van der Waals surface area contributed by atoms with Crippen LogP contribution < -0.4 is 16.0 Å². The molecule has 0 spiro atoms. The van der Waals surface area contributed by atoms with Crippen molar-refractivity contribution < 1.29 is 62.0 Å². The highest BCUT2D eigenvalue weighted by Crippen LogP contribution is 2.22. The van der Waals surface area contributed by atoms with Crippen LogP contribution in [0.2, 0.25) is 0 Å². The Kier molecular flexibility index (Phi) is 27.7. The highest BCUT2D eigenvalue weighted by Gasteiger charge is 2.43. The van der Waals surface area contributed by atoms with Crippen LogP contribution in [0.15, 0.2) is 30.3 Å². The molecule has 2 unspecified atom stereocenters. The molecule has 2 fully saturated rings. The number of ether oxygens (including phenoxy) is 1. The first kappa shape index (κ1) is 71.3. The van der Waals surface area contributed by atoms with E-state index in [0.29, 0.717) is 37.9 Å². The van der Waals surface area contributed by atoms with E-state index in [0.717, 1.165) is 21.1 Å². The van der Waals surface area contributed by atoms with Crippen LogP contribution in [0.3, 0.4) is 0 Å². The van der Waals surface area contributed by atoms with Crippen LogP contribution in [-0.2, 0) is 69.9 Å². The van der Waals surface area contributed by atoms with Crippen molar-refractivity contribution in [3.63, 3.8) is 0 Å². The maximum Gasteiger partial charge on any atom is 0.248 e. The minimum atomic E-state index is -2.13. The van der Waals surface area contributed by atoms with Crippen molar-refractivity contribution in [3.8, 4) is 0 Å². The third kappa shape index (κ3) is 20.6. The minimum absolute atomic E-state index is 0.0232. The van der Waals surface area contributed by atoms with Gasteiger partial charge in [-0.1, -0.05) is 78.3 Å². The van der Waals surface area contributed by atoms with E-state index in [4.69, 9.17) is 4.74 Å². The van der Waals surface area contributed by atoms with Crippen LogP contribution in [0.4, 0.5) is 0 Å². The second-order valence-electron chi connectivity index (χ2n) is 24.5. The van der Waals surface area contributed by atoms with Crippen molar-refractivity contribution in [2.75, 3.05) is 80.0 Å². The van der Waals surface area contributed by atoms with E-state index in [9.17, 15) is 57.3 Å². The fourth-order valence-electron chi connectivity index (χ4n) is 10.1. The fraction of sp³-hybridized carbons (Fsp3) is 0.729. The molecule has 83 heavy (non-hydrogen) atoms. The first-order chi connectivity index (χ1) is 38.6. The number of benzene rings is 1. The summed E-state index contributed by atoms with van der Waals surface area (Å²) in [5.74, 6) is -9.32. The monoisotopic (exact) mass is 1190 g/mol. The maximum absolute atomic E-state index is 15.0. The summed E-state index contributed by atoms with van der Waals surface area (Å²) in [6.07, 6.45) is 1.28. The van der Waals surface area contributed by atoms with Gasteiger partial charge in [0.2, 0.25) is 59.1 Å². The molecule has 10 amide bonds. The zero-order chi connectivity index (χ0) is 63.0. The summed E-state index contributed by atoms with van der Waals surface area (Å²) in [6.45, 7) is 18.7. The number of hydrogen-bond donors (Lipinski definition) is 4. The molecule has 11 atom stereocenters. The predicted molar refractivity (Wildman–Crippen MR) is 316 cm³/mol. The lowest BCUT2D eigenvalue weighted by Crippen LogP contribution is -2.62. The highest BCUT2D eigenvalue weighted by atomic mass is 32.2. The van der Waals surface area contributed by atoms with E-state index >= 15 is 0 Å². The van der Waals surface area contributed by atoms with Gasteiger partial charge in [0.05, 0.1) is 30.6 Å². The smallest absolute Gasteiger partial charge is 0.248 e. The Hall–Kier alpha value is -6.01. The molecule has 0 aliphatic carbocycles. The summed E-state index contributed by atoms with van der Waals surface area (Å²) in [5, 5.41) is 19.3. The molecule has 2 heterocycles. The zero-order valence-corrected chi connectivity index (χ0v) is 53.2. The van der Waals surface area contributed by atoms with E-state index < -0.39 is 154 Å². The van der Waals surface area contributed by atoms with Crippen molar-refractivity contribution in [2.45, 2.75) is 181 Å². The van der Waals surface area contributed by atoms with Gasteiger partial charge in [-0.3, -0.25) is 52.2 Å². The molecule has 24 heteroatoms. The summed E-state index contributed by atoms with van der Waals surface area (Å²) in [6, 6.07) is -1.86. The summed E-state index contributed by atoms with van der Waals surface area (Å²) >= 11 is 0. The molecule has 468 valence electrons. The first-order valence-electron chi connectivity index (χ1n) is 29.1. The Morgan fingerprint density at radius 3 is 1.75 bits per heavy atom. The van der Waals surface area contributed by atoms with Gasteiger partial charge in [-0.2, -0.15) is 0 Å². The standard InChI is InChI=1S/C59H98N10O13S/c1-18-38(6)50-53(75)61-43(56(78)69-27-23-20-24-28-69)34-83(81)35-48(72)64(13)39(7)54(76)67(16)46(31-41-25-21-19-22-26-41)57(79)66(15)45(30-37(4)5)52(74)62-49(40(8)70)58(80)63(12)32-47(71)65(14)44(29-36(2)3)51(73)60-42(55(77)68(50)17)33-82-59(9,10)11/h19,21-22,25-26,36-40,42-46,49-50,70H,18,20,23-24,27-35H2,1-17H3,(H,60,73)(H,61,75)(H,62,74)/t38-,39-,40+,42-,43-,44-,45?,46-,49-,50-,83?/m0/s1. The number of rotatable bonds is 12. The van der Waals surface area contributed by atoms with Gasteiger partial charge in [0.1, 0.15) is 54.1 Å². The van der Waals surface area contributed by atoms with Gasteiger partial charge in [0.15, 0.2) is 0 Å². The Bertz CT molecular complexity index is 2430. The van der Waals surface area contributed by atoms with Gasteiger partial charge in [-0.15, -0.1) is 0 Å². The normalized spacial score (nSPS) is 26.8. The Labute approximate surface area is 495 Å². The molecule has 4 N–H and O–H groups in total. The third-order valence-electron chi connectivity index (χ3n) is 15.6. The van der Waals surface area contributed by atoms with E-state index in [2.05, 4.69) is 16.0 Å². The van der Waals surface area contributed by atoms with E-state index in [-0.39, 0.29) is 37.7 Å². The number of amides is 10. The first-order valence-corrected chi connectivity index (χ1v) is 30.6. The van der Waals surface area contributed by atoms with E-state index in [1.165, 1.54) is 70.8 Å².